The molecule has 0 saturated carbocycles. The Morgan fingerprint density at radius 3 is 2.23 bits per heavy atom. The van der Waals surface area contributed by atoms with E-state index < -0.39 is 11.9 Å². The number of unbranched alkanes of at least 4 members (excludes halogenated alkanes) is 2. The summed E-state index contributed by atoms with van der Waals surface area (Å²) in [7, 11) is 0. The van der Waals surface area contributed by atoms with Crippen LogP contribution in [0.2, 0.25) is 0 Å². The maximum Gasteiger partial charge on any atom is 0.303 e. The van der Waals surface area contributed by atoms with Crippen LogP contribution in [0.5, 0.6) is 11.5 Å². The van der Waals surface area contributed by atoms with Gasteiger partial charge in [0.1, 0.15) is 0 Å². The van der Waals surface area contributed by atoms with Crippen LogP contribution in [0.1, 0.15) is 38.5 Å². The van der Waals surface area contributed by atoms with Crippen molar-refractivity contribution in [3.8, 4) is 11.5 Å². The van der Waals surface area contributed by atoms with Crippen molar-refractivity contribution in [2.24, 2.45) is 0 Å². The van der Waals surface area contributed by atoms with Gasteiger partial charge < -0.3 is 29.4 Å². The number of carboxylic acids is 2. The maximum absolute atomic E-state index is 11.0. The monoisotopic (exact) mass is 630 g/mol. The van der Waals surface area contributed by atoms with Crippen LogP contribution in [0.15, 0.2) is 121 Å². The summed E-state index contributed by atoms with van der Waals surface area (Å²) >= 11 is 0. The van der Waals surface area contributed by atoms with E-state index in [9.17, 15) is 14.7 Å². The Morgan fingerprint density at radius 2 is 1.47 bits per heavy atom. The Balaban J connectivity index is 1.14. The number of allylic oxidation sites excluding steroid dienone is 6. The lowest BCUT2D eigenvalue weighted by atomic mass is 10.1. The zero-order valence-electron chi connectivity index (χ0n) is 26.1. The number of rotatable bonds is 14. The summed E-state index contributed by atoms with van der Waals surface area (Å²) in [4.78, 5) is 25.2. The van der Waals surface area contributed by atoms with E-state index >= 15 is 0 Å². The molecule has 0 spiro atoms. The molecule has 0 aromatic heterocycles. The third-order valence-corrected chi connectivity index (χ3v) is 8.50. The van der Waals surface area contributed by atoms with Crippen LogP contribution in [0.4, 0.5) is 11.4 Å². The second-order valence-corrected chi connectivity index (χ2v) is 11.7. The first-order valence-corrected chi connectivity index (χ1v) is 16.1. The molecule has 0 amide bonds. The van der Waals surface area contributed by atoms with Crippen molar-refractivity contribution in [3.05, 3.63) is 121 Å². The molecule has 8 heteroatoms. The fraction of sp³-hybridized carbons (Fsp3) is 0.231. The van der Waals surface area contributed by atoms with Gasteiger partial charge in [-0.15, -0.1) is 0 Å². The van der Waals surface area contributed by atoms with Crippen LogP contribution in [0.3, 0.4) is 0 Å². The maximum atomic E-state index is 11.0. The fourth-order valence-electron chi connectivity index (χ4n) is 6.22. The van der Waals surface area contributed by atoms with E-state index in [2.05, 4.69) is 47.4 Å². The summed E-state index contributed by atoms with van der Waals surface area (Å²) in [6, 6.07) is 24.6. The van der Waals surface area contributed by atoms with Crippen molar-refractivity contribution in [1.82, 2.24) is 0 Å². The Kier molecular flexibility index (Phi) is 9.98. The molecule has 6 rings (SSSR count). The average molecular weight is 631 g/mol. The highest BCUT2D eigenvalue weighted by molar-refractivity contribution is 5.95. The van der Waals surface area contributed by atoms with E-state index in [1.54, 1.807) is 0 Å². The van der Waals surface area contributed by atoms with Gasteiger partial charge in [-0.05, 0) is 61.1 Å². The summed E-state index contributed by atoms with van der Waals surface area (Å²) in [5.41, 5.74) is 2.06. The second kappa shape index (κ2) is 14.8. The first kappa shape index (κ1) is 31.6. The summed E-state index contributed by atoms with van der Waals surface area (Å²) < 4.78 is 12.8. The fourth-order valence-corrected chi connectivity index (χ4v) is 6.22. The van der Waals surface area contributed by atoms with Gasteiger partial charge in [-0.1, -0.05) is 85.0 Å². The SMILES string of the molecule is O=C([O-])CCCCN1/C(=C/C=C/C=C/C=C/C2Oc3c(ccc4ccccc34)[NH+]2CCCCC(=O)O)Oc2c1ccc1ccccc21. The van der Waals surface area contributed by atoms with Crippen molar-refractivity contribution in [2.75, 3.05) is 18.0 Å². The standard InChI is InChI=1S/C39H38N2O6/c42-36(43)20-10-12-26-40-32-24-22-28-14-6-8-16-30(28)38(32)46-34(40)18-4-2-1-3-5-19-35-41(27-13-11-21-37(44)45)33-25-23-29-15-7-9-17-31(29)39(33)47-35/h1-9,14-19,22-25,34H,10-13,20-21,26-27H2,(H,42,43)(H,44,45)/b2-1+,5-3+,18-4+,35-19-. The van der Waals surface area contributed by atoms with Crippen molar-refractivity contribution >= 4 is 44.9 Å². The number of anilines is 1. The number of aliphatic carboxylic acids is 2. The van der Waals surface area contributed by atoms with Crippen molar-refractivity contribution in [3.63, 3.8) is 0 Å². The van der Waals surface area contributed by atoms with Gasteiger partial charge in [0.15, 0.2) is 17.2 Å². The van der Waals surface area contributed by atoms with E-state index in [1.165, 1.54) is 4.90 Å². The molecular formula is C39H38N2O6. The molecule has 2 heterocycles. The molecule has 2 unspecified atom stereocenters. The highest BCUT2D eigenvalue weighted by atomic mass is 16.5. The summed E-state index contributed by atoms with van der Waals surface area (Å²) in [6.45, 7) is 1.40. The molecule has 0 aliphatic carbocycles. The van der Waals surface area contributed by atoms with E-state index in [4.69, 9.17) is 14.6 Å². The molecule has 47 heavy (non-hydrogen) atoms. The third kappa shape index (κ3) is 7.39. The lowest BCUT2D eigenvalue weighted by Gasteiger charge is -2.18. The van der Waals surface area contributed by atoms with Gasteiger partial charge >= 0.3 is 5.97 Å². The van der Waals surface area contributed by atoms with Crippen molar-refractivity contribution < 1.29 is 34.2 Å². The number of nitrogens with one attached hydrogen (secondary N) is 1. The summed E-state index contributed by atoms with van der Waals surface area (Å²) in [6.07, 6.45) is 16.3. The zero-order chi connectivity index (χ0) is 32.6. The average Bonchev–Trinajstić information content (AvgIpc) is 3.62. The van der Waals surface area contributed by atoms with Gasteiger partial charge in [-0.3, -0.25) is 9.69 Å². The number of fused-ring (bicyclic) bond motifs is 6. The minimum Gasteiger partial charge on any atom is -0.550 e. The van der Waals surface area contributed by atoms with Crippen LogP contribution in [-0.2, 0) is 9.59 Å². The molecule has 0 bridgehead atoms. The number of quaternary nitrogens is 1. The molecule has 2 N–H and O–H groups in total. The molecule has 2 atom stereocenters. The Morgan fingerprint density at radius 1 is 0.787 bits per heavy atom. The van der Waals surface area contributed by atoms with E-state index in [-0.39, 0.29) is 19.1 Å². The van der Waals surface area contributed by atoms with Gasteiger partial charge in [0.05, 0.1) is 12.2 Å². The zero-order valence-corrected chi connectivity index (χ0v) is 26.1. The van der Waals surface area contributed by atoms with Gasteiger partial charge in [-0.2, -0.15) is 0 Å². The van der Waals surface area contributed by atoms with Crippen LogP contribution < -0.4 is 24.4 Å². The number of hydrogen-bond donors (Lipinski definition) is 2. The quantitative estimate of drug-likeness (QED) is 0.134. The number of nitrogens with zero attached hydrogens (tertiary/aromatic N) is 1. The highest BCUT2D eigenvalue weighted by Gasteiger charge is 2.35. The highest BCUT2D eigenvalue weighted by Crippen LogP contribution is 2.44. The van der Waals surface area contributed by atoms with Crippen LogP contribution in [0.25, 0.3) is 21.5 Å². The van der Waals surface area contributed by atoms with Crippen LogP contribution >= 0.6 is 0 Å². The molecule has 2 aliphatic heterocycles. The smallest absolute Gasteiger partial charge is 0.303 e. The molecular weight excluding hydrogens is 592 g/mol. The number of ether oxygens (including phenoxy) is 2. The lowest BCUT2D eigenvalue weighted by Crippen LogP contribution is -3.10. The number of carboxylic acid groups (broad SMARTS) is 2. The molecule has 4 aromatic rings. The molecule has 0 fully saturated rings. The van der Waals surface area contributed by atoms with Gasteiger partial charge in [0.2, 0.25) is 5.88 Å². The molecule has 2 aliphatic rings. The Labute approximate surface area is 274 Å². The van der Waals surface area contributed by atoms with E-state index in [1.807, 2.05) is 72.9 Å². The predicted molar refractivity (Wildman–Crippen MR) is 182 cm³/mol. The number of carbonyl (C=O) groups is 2. The van der Waals surface area contributed by atoms with Gasteiger partial charge in [0.25, 0.3) is 6.23 Å². The van der Waals surface area contributed by atoms with Crippen molar-refractivity contribution in [1.29, 1.82) is 0 Å². The number of carbonyl (C=O) groups excluding carboxylic acids is 1. The topological polar surface area (TPSA) is 104 Å². The Bertz CT molecular complexity index is 1890. The summed E-state index contributed by atoms with van der Waals surface area (Å²) in [5.74, 6) is 0.582. The normalized spacial score (nSPS) is 18.0. The number of benzene rings is 4. The largest absolute Gasteiger partial charge is 0.550 e. The molecule has 8 nitrogen and oxygen atoms in total. The van der Waals surface area contributed by atoms with Crippen LogP contribution in [-0.4, -0.2) is 36.4 Å². The second-order valence-electron chi connectivity index (χ2n) is 11.7. The lowest BCUT2D eigenvalue weighted by molar-refractivity contribution is -0.862. The third-order valence-electron chi connectivity index (χ3n) is 8.50. The number of hydrogen-bond acceptors (Lipinski definition) is 6. The summed E-state index contributed by atoms with van der Waals surface area (Å²) in [5, 5.41) is 24.3. The van der Waals surface area contributed by atoms with Crippen LogP contribution in [0, 0.1) is 0 Å². The van der Waals surface area contributed by atoms with Gasteiger partial charge in [-0.25, -0.2) is 0 Å². The molecule has 0 radical (unpaired) electrons. The Hall–Kier alpha value is -5.34. The molecule has 240 valence electrons. The first-order valence-electron chi connectivity index (χ1n) is 16.1. The first-order chi connectivity index (χ1) is 23.0. The molecule has 0 saturated heterocycles. The molecule has 4 aromatic carbocycles. The minimum absolute atomic E-state index is 0.0368. The van der Waals surface area contributed by atoms with Gasteiger partial charge in [0, 0.05) is 41.8 Å². The minimum atomic E-state index is -1.03. The van der Waals surface area contributed by atoms with Crippen molar-refractivity contribution in [2.45, 2.75) is 44.8 Å². The van der Waals surface area contributed by atoms with E-state index in [0.29, 0.717) is 31.7 Å². The predicted octanol–water partition coefficient (Wildman–Crippen LogP) is 5.81. The van der Waals surface area contributed by atoms with E-state index in [0.717, 1.165) is 57.4 Å².